The van der Waals surface area contributed by atoms with E-state index in [0.717, 1.165) is 0 Å². The predicted molar refractivity (Wildman–Crippen MR) is 101 cm³/mol. The minimum Gasteiger partial charge on any atom is -0.397 e. The maximum absolute atomic E-state index is 13.2. The fourth-order valence-electron chi connectivity index (χ4n) is 3.95. The van der Waals surface area contributed by atoms with Gasteiger partial charge in [-0.15, -0.1) is 0 Å². The molecule has 1 aromatic rings. The van der Waals surface area contributed by atoms with Gasteiger partial charge in [0.1, 0.15) is 0 Å². The molecule has 0 heterocycles. The molecule has 3 rings (SSSR count). The van der Waals surface area contributed by atoms with Crippen LogP contribution < -0.4 is 21.7 Å². The lowest BCUT2D eigenvalue weighted by Crippen LogP contribution is -2.45. The molecule has 5 nitrogen and oxygen atoms in total. The van der Waals surface area contributed by atoms with Crippen molar-refractivity contribution in [3.05, 3.63) is 17.7 Å². The number of benzene rings is 1. The Labute approximate surface area is 165 Å². The molecule has 0 aliphatic heterocycles. The zero-order chi connectivity index (χ0) is 21.4. The van der Waals surface area contributed by atoms with Gasteiger partial charge in [0.25, 0.3) is 11.8 Å². The summed E-state index contributed by atoms with van der Waals surface area (Å²) in [5.74, 6) is -4.53. The molecule has 2 aliphatic rings. The Kier molecular flexibility index (Phi) is 5.82. The number of anilines is 3. The number of nitrogen functional groups attached to an aromatic ring is 1. The van der Waals surface area contributed by atoms with Crippen LogP contribution in [0.2, 0.25) is 0 Å². The van der Waals surface area contributed by atoms with Crippen LogP contribution in [0.4, 0.5) is 39.0 Å². The summed E-state index contributed by atoms with van der Waals surface area (Å²) in [6.45, 7) is 0. The average molecular weight is 420 g/mol. The molecule has 2 saturated carbocycles. The lowest BCUT2D eigenvalue weighted by atomic mass is 9.85. The van der Waals surface area contributed by atoms with E-state index in [-0.39, 0.29) is 50.1 Å². The summed E-state index contributed by atoms with van der Waals surface area (Å²) in [5, 5.41) is 8.61. The van der Waals surface area contributed by atoms with Crippen LogP contribution in [0.3, 0.4) is 0 Å². The topological polar surface area (TPSA) is 79.2 Å². The summed E-state index contributed by atoms with van der Waals surface area (Å²) in [7, 11) is 1.64. The number of nitrogens with two attached hydrogens (primary N) is 1. The third-order valence-electron chi connectivity index (χ3n) is 5.68. The average Bonchev–Trinajstić information content (AvgIpc) is 2.60. The van der Waals surface area contributed by atoms with E-state index in [1.165, 1.54) is 6.07 Å². The van der Waals surface area contributed by atoms with Gasteiger partial charge in [-0.1, -0.05) is 0 Å². The molecule has 0 radical (unpaired) electrons. The number of carbonyl (C=O) groups is 1. The summed E-state index contributed by atoms with van der Waals surface area (Å²) in [6, 6.07) is 2.20. The van der Waals surface area contributed by atoms with Crippen molar-refractivity contribution in [2.75, 3.05) is 23.4 Å². The number of nitrogens with one attached hydrogen (secondary N) is 3. The number of halogens is 5. The molecule has 2 fully saturated rings. The SMILES string of the molecule is CNc1cc(NC2CC(F)(F)C2)c(C(=O)NC2CCC(C(F)(F)F)CC2)cc1N. The molecular formula is C19H25F5N4O. The standard InChI is InChI=1S/C19H25F5N4O/c1-26-16-7-15(27-12-8-18(20,21)9-12)13(6-14(16)25)17(29)28-11-4-2-10(3-5-11)19(22,23)24/h6-7,10-12,26-27H,2-5,8-9,25H2,1H3,(H,28,29). The van der Waals surface area contributed by atoms with Crippen LogP contribution in [0.5, 0.6) is 0 Å². The fourth-order valence-corrected chi connectivity index (χ4v) is 3.95. The minimum atomic E-state index is -4.21. The normalized spacial score (nSPS) is 24.5. The van der Waals surface area contributed by atoms with E-state index in [2.05, 4.69) is 16.0 Å². The van der Waals surface area contributed by atoms with Crippen LogP contribution in [0.15, 0.2) is 12.1 Å². The van der Waals surface area contributed by atoms with E-state index in [9.17, 15) is 26.7 Å². The van der Waals surface area contributed by atoms with Crippen molar-refractivity contribution in [1.29, 1.82) is 0 Å². The molecule has 0 bridgehead atoms. The molecule has 0 aromatic heterocycles. The molecule has 2 aliphatic carbocycles. The van der Waals surface area contributed by atoms with Crippen molar-refractivity contribution in [3.63, 3.8) is 0 Å². The highest BCUT2D eigenvalue weighted by Gasteiger charge is 2.45. The molecule has 10 heteroatoms. The van der Waals surface area contributed by atoms with Gasteiger partial charge in [-0.05, 0) is 37.8 Å². The second kappa shape index (κ2) is 7.87. The van der Waals surface area contributed by atoms with Crippen molar-refractivity contribution >= 4 is 23.0 Å². The largest absolute Gasteiger partial charge is 0.397 e. The number of alkyl halides is 5. The number of rotatable bonds is 5. The summed E-state index contributed by atoms with van der Waals surface area (Å²) in [6.07, 6.45) is -4.46. The summed E-state index contributed by atoms with van der Waals surface area (Å²) < 4.78 is 64.7. The third-order valence-corrected chi connectivity index (χ3v) is 5.68. The maximum atomic E-state index is 13.2. The van der Waals surface area contributed by atoms with Gasteiger partial charge in [-0.2, -0.15) is 13.2 Å². The van der Waals surface area contributed by atoms with Gasteiger partial charge in [0.05, 0.1) is 22.9 Å². The van der Waals surface area contributed by atoms with Crippen molar-refractivity contribution in [3.8, 4) is 0 Å². The van der Waals surface area contributed by atoms with Crippen molar-refractivity contribution < 1.29 is 26.7 Å². The smallest absolute Gasteiger partial charge is 0.391 e. The zero-order valence-electron chi connectivity index (χ0n) is 16.0. The minimum absolute atomic E-state index is 0.0302. The van der Waals surface area contributed by atoms with Gasteiger partial charge in [0, 0.05) is 37.7 Å². The Hall–Kier alpha value is -2.26. The third kappa shape index (κ3) is 5.02. The fraction of sp³-hybridized carbons (Fsp3) is 0.632. The van der Waals surface area contributed by atoms with Crippen molar-refractivity contribution in [2.24, 2.45) is 5.92 Å². The summed E-state index contributed by atoms with van der Waals surface area (Å²) in [4.78, 5) is 12.8. The highest BCUT2D eigenvalue weighted by Crippen LogP contribution is 2.41. The highest BCUT2D eigenvalue weighted by molar-refractivity contribution is 6.02. The second-order valence-corrected chi connectivity index (χ2v) is 7.90. The Morgan fingerprint density at radius 3 is 2.21 bits per heavy atom. The Bertz CT molecular complexity index is 752. The first kappa shape index (κ1) is 21.4. The van der Waals surface area contributed by atoms with Gasteiger partial charge in [-0.25, -0.2) is 8.78 Å². The van der Waals surface area contributed by atoms with E-state index in [1.807, 2.05) is 0 Å². The quantitative estimate of drug-likeness (QED) is 0.421. The summed E-state index contributed by atoms with van der Waals surface area (Å²) >= 11 is 0. The van der Waals surface area contributed by atoms with Crippen LogP contribution >= 0.6 is 0 Å². The Morgan fingerprint density at radius 2 is 1.69 bits per heavy atom. The molecule has 0 saturated heterocycles. The number of hydrogen-bond donors (Lipinski definition) is 4. The van der Waals surface area contributed by atoms with Gasteiger partial charge in [0.2, 0.25) is 0 Å². The van der Waals surface area contributed by atoms with E-state index >= 15 is 0 Å². The number of amides is 1. The van der Waals surface area contributed by atoms with Crippen LogP contribution in [0, 0.1) is 5.92 Å². The lowest BCUT2D eigenvalue weighted by molar-refractivity contribution is -0.182. The number of carbonyl (C=O) groups excluding carboxylic acids is 1. The number of hydrogen-bond acceptors (Lipinski definition) is 4. The second-order valence-electron chi connectivity index (χ2n) is 7.90. The van der Waals surface area contributed by atoms with E-state index < -0.39 is 30.0 Å². The molecule has 0 spiro atoms. The van der Waals surface area contributed by atoms with Crippen molar-refractivity contribution in [1.82, 2.24) is 5.32 Å². The molecule has 29 heavy (non-hydrogen) atoms. The highest BCUT2D eigenvalue weighted by atomic mass is 19.4. The van der Waals surface area contributed by atoms with E-state index in [0.29, 0.717) is 17.1 Å². The Balaban J connectivity index is 1.70. The molecule has 5 N–H and O–H groups in total. The van der Waals surface area contributed by atoms with Gasteiger partial charge < -0.3 is 21.7 Å². The predicted octanol–water partition coefficient (Wildman–Crippen LogP) is 4.37. The van der Waals surface area contributed by atoms with Crippen LogP contribution in [0.25, 0.3) is 0 Å². The van der Waals surface area contributed by atoms with Crippen LogP contribution in [-0.4, -0.2) is 37.1 Å². The van der Waals surface area contributed by atoms with Gasteiger partial charge in [-0.3, -0.25) is 4.79 Å². The molecule has 162 valence electrons. The monoisotopic (exact) mass is 420 g/mol. The molecular weight excluding hydrogens is 395 g/mol. The summed E-state index contributed by atoms with van der Waals surface area (Å²) in [5.41, 5.74) is 7.35. The van der Waals surface area contributed by atoms with Crippen LogP contribution in [-0.2, 0) is 0 Å². The lowest BCUT2D eigenvalue weighted by Gasteiger charge is -2.36. The maximum Gasteiger partial charge on any atom is 0.391 e. The molecule has 1 aromatic carbocycles. The first-order valence-electron chi connectivity index (χ1n) is 9.62. The molecule has 1 amide bonds. The van der Waals surface area contributed by atoms with Crippen LogP contribution in [0.1, 0.15) is 48.9 Å². The first-order valence-corrected chi connectivity index (χ1v) is 9.62. The van der Waals surface area contributed by atoms with Gasteiger partial charge >= 0.3 is 6.18 Å². The first-order chi connectivity index (χ1) is 13.5. The Morgan fingerprint density at radius 1 is 1.07 bits per heavy atom. The van der Waals surface area contributed by atoms with E-state index in [1.54, 1.807) is 13.1 Å². The van der Waals surface area contributed by atoms with E-state index in [4.69, 9.17) is 5.73 Å². The zero-order valence-corrected chi connectivity index (χ0v) is 16.0. The van der Waals surface area contributed by atoms with Crippen molar-refractivity contribution in [2.45, 2.75) is 62.7 Å². The molecule has 0 unspecified atom stereocenters. The van der Waals surface area contributed by atoms with Gasteiger partial charge in [0.15, 0.2) is 0 Å². The molecule has 0 atom stereocenters.